The van der Waals surface area contributed by atoms with Gasteiger partial charge in [0.2, 0.25) is 0 Å². The zero-order chi connectivity index (χ0) is 17.2. The molecule has 0 aromatic rings. The molecular weight excluding hydrogens is 266 g/mol. The highest BCUT2D eigenvalue weighted by atomic mass is 14.8. The van der Waals surface area contributed by atoms with E-state index in [-0.39, 0.29) is 5.41 Å². The Kier molecular flexibility index (Phi) is 9.50. The maximum Gasteiger partial charge on any atom is 0.0514 e. The third-order valence-electron chi connectivity index (χ3n) is 4.14. The molecule has 22 heavy (non-hydrogen) atoms. The van der Waals surface area contributed by atoms with Crippen LogP contribution in [0.4, 0.5) is 0 Å². The van der Waals surface area contributed by atoms with Crippen molar-refractivity contribution in [3.8, 4) is 12.3 Å². The first kappa shape index (κ1) is 20.5. The van der Waals surface area contributed by atoms with E-state index in [0.717, 1.165) is 19.4 Å². The lowest BCUT2D eigenvalue weighted by atomic mass is 9.73. The highest BCUT2D eigenvalue weighted by molar-refractivity contribution is 5.81. The largest absolute Gasteiger partial charge is 0.293 e. The lowest BCUT2D eigenvalue weighted by Gasteiger charge is -2.33. The van der Waals surface area contributed by atoms with Gasteiger partial charge in [-0.15, -0.1) is 6.42 Å². The van der Waals surface area contributed by atoms with E-state index in [2.05, 4.69) is 66.5 Å². The summed E-state index contributed by atoms with van der Waals surface area (Å²) in [5.74, 6) is 3.03. The van der Waals surface area contributed by atoms with Gasteiger partial charge >= 0.3 is 0 Å². The summed E-state index contributed by atoms with van der Waals surface area (Å²) >= 11 is 0. The Bertz CT molecular complexity index is 494. The van der Waals surface area contributed by atoms with E-state index in [1.165, 1.54) is 16.9 Å². The monoisotopic (exact) mass is 299 g/mol. The first-order valence-electron chi connectivity index (χ1n) is 8.32. The highest BCUT2D eigenvalue weighted by Crippen LogP contribution is 2.37. The van der Waals surface area contributed by atoms with Crippen molar-refractivity contribution < 1.29 is 0 Å². The van der Waals surface area contributed by atoms with E-state index in [9.17, 15) is 0 Å². The maximum atomic E-state index is 5.27. The van der Waals surface area contributed by atoms with Crippen LogP contribution < -0.4 is 0 Å². The van der Waals surface area contributed by atoms with E-state index in [4.69, 9.17) is 11.4 Å². The summed E-state index contributed by atoms with van der Waals surface area (Å²) in [5, 5.41) is 0. The lowest BCUT2D eigenvalue weighted by Crippen LogP contribution is -2.25. The molecule has 0 N–H and O–H groups in total. The topological polar surface area (TPSA) is 12.4 Å². The minimum atomic E-state index is -0.0658. The van der Waals surface area contributed by atoms with Gasteiger partial charge in [0.1, 0.15) is 0 Å². The molecule has 0 aromatic carbocycles. The van der Waals surface area contributed by atoms with Crippen LogP contribution in [0.25, 0.3) is 0 Å². The zero-order valence-corrected chi connectivity index (χ0v) is 15.5. The number of aliphatic imine (C=N–C) groups is 1. The van der Waals surface area contributed by atoms with E-state index < -0.39 is 0 Å². The summed E-state index contributed by atoms with van der Waals surface area (Å²) < 4.78 is 0. The van der Waals surface area contributed by atoms with Gasteiger partial charge < -0.3 is 0 Å². The quantitative estimate of drug-likeness (QED) is 0.226. The summed E-state index contributed by atoms with van der Waals surface area (Å²) in [4.78, 5) is 4.80. The number of terminal acetylenes is 1. The molecule has 0 spiro atoms. The molecule has 0 saturated carbocycles. The van der Waals surface area contributed by atoms with Crippen molar-refractivity contribution in [2.24, 2.45) is 16.3 Å². The number of hydrogen-bond acceptors (Lipinski definition) is 1. The van der Waals surface area contributed by atoms with Gasteiger partial charge in [0.05, 0.1) is 6.54 Å². The van der Waals surface area contributed by atoms with E-state index >= 15 is 0 Å². The molecule has 0 fully saturated rings. The SMILES string of the molecule is C#C/C=C\C=C\C(C)(CN=C(C)CC)/C(=C(\C)CC)C(C)C. The standard InChI is InChI=1S/C21H33N/c1-9-12-13-14-15-21(8,16-22-19(7)11-3)20(17(4)5)18(6)10-2/h1,12-15,17H,10-11,16H2,2-8H3/b13-12-,15-14+,20-18+,22-19?. The van der Waals surface area contributed by atoms with Crippen molar-refractivity contribution in [3.05, 3.63) is 35.5 Å². The van der Waals surface area contributed by atoms with Crippen molar-refractivity contribution in [3.63, 3.8) is 0 Å². The van der Waals surface area contributed by atoms with Crippen LogP contribution in [-0.2, 0) is 0 Å². The summed E-state index contributed by atoms with van der Waals surface area (Å²) in [7, 11) is 0. The summed E-state index contributed by atoms with van der Waals surface area (Å²) in [6, 6.07) is 0. The minimum absolute atomic E-state index is 0.0658. The van der Waals surface area contributed by atoms with Gasteiger partial charge in [-0.2, -0.15) is 0 Å². The molecule has 0 saturated heterocycles. The van der Waals surface area contributed by atoms with Crippen molar-refractivity contribution in [1.29, 1.82) is 0 Å². The first-order valence-corrected chi connectivity index (χ1v) is 8.32. The number of rotatable bonds is 8. The molecule has 122 valence electrons. The number of hydrogen-bond donors (Lipinski definition) is 0. The normalized spacial score (nSPS) is 17.0. The Morgan fingerprint density at radius 1 is 1.18 bits per heavy atom. The molecule has 1 nitrogen and oxygen atoms in total. The van der Waals surface area contributed by atoms with Crippen LogP contribution in [-0.4, -0.2) is 12.3 Å². The first-order chi connectivity index (χ1) is 10.3. The van der Waals surface area contributed by atoms with Gasteiger partial charge in [0.15, 0.2) is 0 Å². The zero-order valence-electron chi connectivity index (χ0n) is 15.5. The molecule has 1 atom stereocenters. The van der Waals surface area contributed by atoms with Crippen LogP contribution in [0.15, 0.2) is 40.4 Å². The fourth-order valence-electron chi connectivity index (χ4n) is 2.85. The van der Waals surface area contributed by atoms with Crippen molar-refractivity contribution in [1.82, 2.24) is 0 Å². The predicted octanol–water partition coefficient (Wildman–Crippen LogP) is 5.99. The average molecular weight is 300 g/mol. The molecule has 0 heterocycles. The molecule has 0 radical (unpaired) electrons. The summed E-state index contributed by atoms with van der Waals surface area (Å²) in [6.07, 6.45) is 15.3. The van der Waals surface area contributed by atoms with Gasteiger partial charge in [-0.05, 0) is 38.7 Å². The Morgan fingerprint density at radius 3 is 2.27 bits per heavy atom. The van der Waals surface area contributed by atoms with Crippen LogP contribution in [0.2, 0.25) is 0 Å². The lowest BCUT2D eigenvalue weighted by molar-refractivity contribution is 0.462. The Balaban J connectivity index is 5.81. The highest BCUT2D eigenvalue weighted by Gasteiger charge is 2.29. The summed E-state index contributed by atoms with van der Waals surface area (Å²) in [5.41, 5.74) is 4.10. The number of allylic oxidation sites excluding steroid dienone is 4. The molecule has 1 heteroatoms. The predicted molar refractivity (Wildman–Crippen MR) is 101 cm³/mol. The molecule has 0 aromatic heterocycles. The van der Waals surface area contributed by atoms with E-state index in [1.54, 1.807) is 6.08 Å². The molecule has 1 unspecified atom stereocenters. The second kappa shape index (κ2) is 10.2. The Labute approximate surface area is 138 Å². The molecule has 0 aliphatic rings. The maximum absolute atomic E-state index is 5.27. The van der Waals surface area contributed by atoms with Crippen molar-refractivity contribution in [2.45, 2.75) is 61.3 Å². The fourth-order valence-corrected chi connectivity index (χ4v) is 2.85. The van der Waals surface area contributed by atoms with E-state index in [1.807, 2.05) is 6.08 Å². The van der Waals surface area contributed by atoms with Crippen molar-refractivity contribution >= 4 is 5.71 Å². The average Bonchev–Trinajstić information content (AvgIpc) is 2.48. The van der Waals surface area contributed by atoms with Gasteiger partial charge in [-0.25, -0.2) is 0 Å². The Hall–Kier alpha value is -1.55. The van der Waals surface area contributed by atoms with E-state index in [0.29, 0.717) is 5.92 Å². The molecule has 0 bridgehead atoms. The number of nitrogens with zero attached hydrogens (tertiary/aromatic N) is 1. The smallest absolute Gasteiger partial charge is 0.0514 e. The van der Waals surface area contributed by atoms with Crippen LogP contribution >= 0.6 is 0 Å². The second-order valence-electron chi connectivity index (χ2n) is 6.41. The van der Waals surface area contributed by atoms with Gasteiger partial charge in [0.25, 0.3) is 0 Å². The van der Waals surface area contributed by atoms with Gasteiger partial charge in [-0.3, -0.25) is 4.99 Å². The molecular formula is C21H33N. The minimum Gasteiger partial charge on any atom is -0.293 e. The van der Waals surface area contributed by atoms with Crippen LogP contribution in [0.1, 0.15) is 61.3 Å². The van der Waals surface area contributed by atoms with Crippen LogP contribution in [0.3, 0.4) is 0 Å². The third kappa shape index (κ3) is 6.48. The molecule has 0 aliphatic carbocycles. The molecule has 0 aliphatic heterocycles. The summed E-state index contributed by atoms with van der Waals surface area (Å²) in [6.45, 7) is 16.3. The van der Waals surface area contributed by atoms with Crippen molar-refractivity contribution in [2.75, 3.05) is 6.54 Å². The second-order valence-corrected chi connectivity index (χ2v) is 6.41. The third-order valence-corrected chi connectivity index (χ3v) is 4.14. The van der Waals surface area contributed by atoms with Gasteiger partial charge in [-0.1, -0.05) is 69.9 Å². The van der Waals surface area contributed by atoms with Gasteiger partial charge in [0, 0.05) is 11.1 Å². The van der Waals surface area contributed by atoms with Crippen LogP contribution in [0, 0.1) is 23.7 Å². The Morgan fingerprint density at radius 2 is 1.82 bits per heavy atom. The molecule has 0 amide bonds. The molecule has 0 rings (SSSR count). The fraction of sp³-hybridized carbons (Fsp3) is 0.571. The van der Waals surface area contributed by atoms with Crippen LogP contribution in [0.5, 0.6) is 0 Å².